The molecule has 0 aromatic heterocycles. The van der Waals surface area contributed by atoms with Crippen molar-refractivity contribution in [2.24, 2.45) is 5.73 Å². The molecule has 0 bridgehead atoms. The molecule has 0 aromatic carbocycles. The fourth-order valence-electron chi connectivity index (χ4n) is 12.7. The summed E-state index contributed by atoms with van der Waals surface area (Å²) in [6.45, 7) is 3.70. The van der Waals surface area contributed by atoms with Gasteiger partial charge in [0.1, 0.15) is 6.61 Å². The van der Waals surface area contributed by atoms with Gasteiger partial charge in [0.15, 0.2) is 6.10 Å². The van der Waals surface area contributed by atoms with Crippen LogP contribution in [-0.2, 0) is 32.7 Å². The van der Waals surface area contributed by atoms with Crippen molar-refractivity contribution in [3.05, 3.63) is 97.2 Å². The first-order valence-electron chi connectivity index (χ1n) is 42.7. The van der Waals surface area contributed by atoms with E-state index in [1.807, 2.05) is 0 Å². The minimum absolute atomic E-state index is 0.0525. The number of hydrogen-bond acceptors (Lipinski definition) is 8. The van der Waals surface area contributed by atoms with Crippen LogP contribution in [0.3, 0.4) is 0 Å². The van der Waals surface area contributed by atoms with Gasteiger partial charge in [-0.15, -0.1) is 0 Å². The third-order valence-corrected chi connectivity index (χ3v) is 20.0. The fraction of sp³-hybridized carbons (Fsp3) is 0.798. The van der Waals surface area contributed by atoms with Crippen LogP contribution in [0.1, 0.15) is 425 Å². The third kappa shape index (κ3) is 83.8. The Kier molecular flexibility index (Phi) is 81.3. The molecule has 0 aliphatic carbocycles. The number of carbonyl (C=O) groups is 2. The third-order valence-electron chi connectivity index (χ3n) is 19.0. The van der Waals surface area contributed by atoms with E-state index < -0.39 is 26.5 Å². The maximum absolute atomic E-state index is 12.8. The minimum Gasteiger partial charge on any atom is -0.462 e. The number of hydrogen-bond donors (Lipinski definition) is 2. The van der Waals surface area contributed by atoms with E-state index in [9.17, 15) is 19.0 Å². The van der Waals surface area contributed by atoms with E-state index in [-0.39, 0.29) is 38.6 Å². The lowest BCUT2D eigenvalue weighted by Gasteiger charge is -2.19. The Balaban J connectivity index is 3.77. The van der Waals surface area contributed by atoms with Crippen molar-refractivity contribution in [3.8, 4) is 0 Å². The van der Waals surface area contributed by atoms with Gasteiger partial charge in [0, 0.05) is 19.4 Å². The molecule has 0 rings (SSSR count). The largest absolute Gasteiger partial charge is 0.472 e. The highest BCUT2D eigenvalue weighted by molar-refractivity contribution is 7.47. The molecule has 0 heterocycles. The number of esters is 2. The summed E-state index contributed by atoms with van der Waals surface area (Å²) in [5.41, 5.74) is 5.42. The Morgan fingerprint density at radius 2 is 0.556 bits per heavy atom. The first-order valence-corrected chi connectivity index (χ1v) is 44.2. The van der Waals surface area contributed by atoms with Gasteiger partial charge in [0.25, 0.3) is 0 Å². The maximum atomic E-state index is 12.8. The van der Waals surface area contributed by atoms with Crippen LogP contribution in [-0.4, -0.2) is 49.3 Å². The van der Waals surface area contributed by atoms with E-state index in [0.717, 1.165) is 89.9 Å². The predicted octanol–water partition coefficient (Wildman–Crippen LogP) is 29.0. The molecule has 0 radical (unpaired) electrons. The number of rotatable bonds is 81. The van der Waals surface area contributed by atoms with Crippen molar-refractivity contribution < 1.29 is 37.6 Å². The smallest absolute Gasteiger partial charge is 0.462 e. The van der Waals surface area contributed by atoms with Gasteiger partial charge in [-0.2, -0.15) is 0 Å². The van der Waals surface area contributed by atoms with Gasteiger partial charge in [-0.05, 0) is 77.0 Å². The summed E-state index contributed by atoms with van der Waals surface area (Å²) in [5.74, 6) is -0.811. The van der Waals surface area contributed by atoms with E-state index >= 15 is 0 Å². The molecule has 0 saturated carbocycles. The highest BCUT2D eigenvalue weighted by Gasteiger charge is 2.26. The van der Waals surface area contributed by atoms with Crippen LogP contribution < -0.4 is 5.73 Å². The Hall–Kier alpha value is -3.07. The molecule has 3 N–H and O–H groups in total. The average Bonchev–Trinajstić information content (AvgIpc) is 1.35. The quantitative estimate of drug-likeness (QED) is 0.0264. The number of carbonyl (C=O) groups excluding carboxylic acids is 2. The molecule has 0 aliphatic heterocycles. The topological polar surface area (TPSA) is 134 Å². The molecular weight excluding hydrogens is 1240 g/mol. The van der Waals surface area contributed by atoms with Gasteiger partial charge in [-0.1, -0.05) is 432 Å². The predicted molar refractivity (Wildman–Crippen MR) is 432 cm³/mol. The van der Waals surface area contributed by atoms with Crippen molar-refractivity contribution >= 4 is 19.8 Å². The summed E-state index contributed by atoms with van der Waals surface area (Å²) in [5, 5.41) is 0. The number of nitrogens with two attached hydrogens (primary N) is 1. The van der Waals surface area contributed by atoms with Crippen LogP contribution in [0.5, 0.6) is 0 Å². The van der Waals surface area contributed by atoms with E-state index in [1.54, 1.807) is 0 Å². The number of ether oxygens (including phenoxy) is 2. The van der Waals surface area contributed by atoms with E-state index in [0.29, 0.717) is 6.42 Å². The van der Waals surface area contributed by atoms with Gasteiger partial charge < -0.3 is 20.1 Å². The molecule has 576 valence electrons. The summed E-state index contributed by atoms with van der Waals surface area (Å²) in [6, 6.07) is 0. The minimum atomic E-state index is -4.40. The second kappa shape index (κ2) is 83.9. The number of unbranched alkanes of at least 4 members (excludes halogenated alkanes) is 52. The standard InChI is InChI=1S/C89H162NO8P/c1-3-5-7-9-11-13-15-17-19-21-23-25-27-29-31-33-35-37-39-41-43-45-47-49-51-53-55-57-59-61-63-65-67-69-71-73-75-77-79-81-88(91)95-85-87(86-97-99(93,94)96-84-83-90)98-89(92)82-80-78-76-74-72-70-68-66-64-62-60-58-56-54-52-50-48-46-44-42-40-38-36-34-32-30-28-26-24-22-20-18-16-14-12-10-8-6-4-2/h6,8,12,14,18,20,24,26,30,32,36,38,42,44,48,50,87H,3-5,7,9-11,13,15-17,19,21-23,25,27-29,31,33-35,37,39-41,43,45-47,49,51-86,90H2,1-2H3,(H,93,94)/b8-6-,14-12-,20-18-,26-24-,32-30-,38-36-,44-42-,50-48-. The monoisotopic (exact) mass is 1400 g/mol. The number of allylic oxidation sites excluding steroid dienone is 16. The Labute approximate surface area is 614 Å². The normalized spacial score (nSPS) is 13.3. The maximum Gasteiger partial charge on any atom is 0.472 e. The highest BCUT2D eigenvalue weighted by atomic mass is 31.2. The lowest BCUT2D eigenvalue weighted by atomic mass is 10.0. The zero-order valence-electron chi connectivity index (χ0n) is 65.2. The summed E-state index contributed by atoms with van der Waals surface area (Å²) < 4.78 is 33.3. The lowest BCUT2D eigenvalue weighted by molar-refractivity contribution is -0.161. The molecule has 2 unspecified atom stereocenters. The van der Waals surface area contributed by atoms with Crippen molar-refractivity contribution in [2.45, 2.75) is 431 Å². The fourth-order valence-corrected chi connectivity index (χ4v) is 13.5. The van der Waals surface area contributed by atoms with Crippen molar-refractivity contribution in [3.63, 3.8) is 0 Å². The summed E-state index contributed by atoms with van der Waals surface area (Å²) in [6.07, 6.45) is 116. The van der Waals surface area contributed by atoms with Gasteiger partial charge in [-0.25, -0.2) is 4.57 Å². The number of phosphoric acid groups is 1. The molecule has 0 spiro atoms. The molecule has 0 amide bonds. The zero-order chi connectivity index (χ0) is 71.5. The molecule has 2 atom stereocenters. The molecule has 0 fully saturated rings. The van der Waals surface area contributed by atoms with Gasteiger partial charge in [-0.3, -0.25) is 18.6 Å². The van der Waals surface area contributed by atoms with Crippen LogP contribution in [0.25, 0.3) is 0 Å². The van der Waals surface area contributed by atoms with E-state index in [1.165, 1.54) is 302 Å². The van der Waals surface area contributed by atoms with Crippen molar-refractivity contribution in [1.82, 2.24) is 0 Å². The molecule has 9 nitrogen and oxygen atoms in total. The summed E-state index contributed by atoms with van der Waals surface area (Å²) in [7, 11) is -4.40. The second-order valence-corrected chi connectivity index (χ2v) is 30.1. The van der Waals surface area contributed by atoms with Crippen molar-refractivity contribution in [2.75, 3.05) is 26.4 Å². The Morgan fingerprint density at radius 3 is 0.828 bits per heavy atom. The molecular formula is C89H162NO8P. The first-order chi connectivity index (χ1) is 48.8. The van der Waals surface area contributed by atoms with Gasteiger partial charge in [0.05, 0.1) is 13.2 Å². The summed E-state index contributed by atoms with van der Waals surface area (Å²) >= 11 is 0. The molecule has 10 heteroatoms. The molecule has 99 heavy (non-hydrogen) atoms. The second-order valence-electron chi connectivity index (χ2n) is 28.7. The van der Waals surface area contributed by atoms with E-state index in [4.69, 9.17) is 24.3 Å². The SMILES string of the molecule is CC/C=C\C/C=C\C/C=C\C/C=C\C/C=C\C/C=C\C/C=C\C/C=C\CCCCCCCCCCCCCCCCC(=O)OC(COC(=O)CCCCCCCCCCCCCCCCCCCCCCCCCCCCCCCCCCCCCCCCC)COP(=O)(O)OCCN. The molecule has 0 aliphatic rings. The first kappa shape index (κ1) is 95.9. The van der Waals surface area contributed by atoms with E-state index in [2.05, 4.69) is 111 Å². The highest BCUT2D eigenvalue weighted by Crippen LogP contribution is 2.43. The number of phosphoric ester groups is 1. The van der Waals surface area contributed by atoms with Crippen LogP contribution >= 0.6 is 7.82 Å². The molecule has 0 aromatic rings. The zero-order valence-corrected chi connectivity index (χ0v) is 66.1. The van der Waals surface area contributed by atoms with Crippen LogP contribution in [0.2, 0.25) is 0 Å². The van der Waals surface area contributed by atoms with Gasteiger partial charge in [0.2, 0.25) is 0 Å². The van der Waals surface area contributed by atoms with Gasteiger partial charge >= 0.3 is 19.8 Å². The lowest BCUT2D eigenvalue weighted by Crippen LogP contribution is -2.29. The van der Waals surface area contributed by atoms with Crippen LogP contribution in [0.15, 0.2) is 97.2 Å². The summed E-state index contributed by atoms with van der Waals surface area (Å²) in [4.78, 5) is 35.5. The Bertz CT molecular complexity index is 1950. The van der Waals surface area contributed by atoms with Crippen LogP contribution in [0, 0.1) is 0 Å². The Morgan fingerprint density at radius 1 is 0.313 bits per heavy atom. The van der Waals surface area contributed by atoms with Crippen LogP contribution in [0.4, 0.5) is 0 Å². The average molecular weight is 1410 g/mol. The van der Waals surface area contributed by atoms with Crippen molar-refractivity contribution in [1.29, 1.82) is 0 Å². The molecule has 0 saturated heterocycles.